The van der Waals surface area contributed by atoms with Gasteiger partial charge in [-0.2, -0.15) is 0 Å². The van der Waals surface area contributed by atoms with Crippen molar-refractivity contribution in [1.82, 2.24) is 0 Å². The number of aromatic carboxylic acids is 2. The van der Waals surface area contributed by atoms with Gasteiger partial charge in [0.25, 0.3) is 0 Å². The summed E-state index contributed by atoms with van der Waals surface area (Å²) >= 11 is 12.2. The van der Waals surface area contributed by atoms with Crippen LogP contribution in [0.4, 0.5) is 0 Å². The van der Waals surface area contributed by atoms with Crippen molar-refractivity contribution in [2.24, 2.45) is 0 Å². The van der Waals surface area contributed by atoms with Crippen LogP contribution in [0.15, 0.2) is 109 Å². The van der Waals surface area contributed by atoms with Gasteiger partial charge in [-0.25, -0.2) is 18.0 Å². The highest BCUT2D eigenvalue weighted by Crippen LogP contribution is 2.38. The molecule has 0 fully saturated rings. The number of rotatable bonds is 10. The molecule has 4 aromatic carbocycles. The lowest BCUT2D eigenvalue weighted by molar-refractivity contribution is 0.0686. The van der Waals surface area contributed by atoms with E-state index in [9.17, 15) is 28.2 Å². The van der Waals surface area contributed by atoms with Gasteiger partial charge < -0.3 is 10.2 Å². The van der Waals surface area contributed by atoms with Crippen molar-refractivity contribution in [1.29, 1.82) is 0 Å². The molecule has 0 aliphatic carbocycles. The topological polar surface area (TPSA) is 109 Å². The third-order valence-electron chi connectivity index (χ3n) is 6.35. The summed E-state index contributed by atoms with van der Waals surface area (Å²) in [6, 6.07) is 25.3. The second kappa shape index (κ2) is 13.0. The molecule has 0 heterocycles. The summed E-state index contributed by atoms with van der Waals surface area (Å²) in [5.41, 5.74) is 2.47. The zero-order valence-corrected chi connectivity index (χ0v) is 23.7. The second-order valence-corrected chi connectivity index (χ2v) is 12.2. The van der Waals surface area contributed by atoms with Gasteiger partial charge in [-0.3, -0.25) is 0 Å². The molecule has 0 aliphatic heterocycles. The predicted octanol–water partition coefficient (Wildman–Crippen LogP) is 8.01. The maximum Gasteiger partial charge on any atom is 0.335 e. The number of sulfone groups is 1. The van der Waals surface area contributed by atoms with Gasteiger partial charge in [-0.1, -0.05) is 96.0 Å². The molecule has 41 heavy (non-hydrogen) atoms. The van der Waals surface area contributed by atoms with Crippen LogP contribution >= 0.6 is 23.2 Å². The van der Waals surface area contributed by atoms with Crippen LogP contribution in [0, 0.1) is 0 Å². The van der Waals surface area contributed by atoms with Crippen LogP contribution in [-0.2, 0) is 9.84 Å². The van der Waals surface area contributed by atoms with Crippen LogP contribution in [0.1, 0.15) is 53.5 Å². The average Bonchev–Trinajstić information content (AvgIpc) is 2.95. The zero-order valence-electron chi connectivity index (χ0n) is 21.4. The van der Waals surface area contributed by atoms with Gasteiger partial charge in [0.1, 0.15) is 10.5 Å². The lowest BCUT2D eigenvalue weighted by Crippen LogP contribution is -2.19. The SMILES string of the molecule is O=C(O)c1ccc(C=CC(c2ccc(Cl)cc2)S(=O)(=O)C(C=Cc2ccc(C(=O)O)cc2)c2ccc(Cl)cc2)cc1. The van der Waals surface area contributed by atoms with Gasteiger partial charge in [0.05, 0.1) is 11.1 Å². The maximum absolute atomic E-state index is 14.4. The first-order chi connectivity index (χ1) is 19.5. The third kappa shape index (κ3) is 7.52. The largest absolute Gasteiger partial charge is 0.478 e. The maximum atomic E-state index is 14.4. The summed E-state index contributed by atoms with van der Waals surface area (Å²) < 4.78 is 28.8. The standard InChI is InChI=1S/C32H24Cl2O6S/c33-27-15-11-23(12-16-27)29(19-5-21-1-7-25(8-2-21)31(35)36)41(39,40)30(24-13-17-28(34)18-14-24)20-6-22-3-9-26(10-4-22)32(37)38/h1-20,29-30H,(H,35,36)(H,37,38). The number of carboxylic acid groups (broad SMARTS) is 2. The Morgan fingerprint density at radius 2 is 0.878 bits per heavy atom. The minimum absolute atomic E-state index is 0.119. The Labute approximate surface area is 247 Å². The fourth-order valence-corrected chi connectivity index (χ4v) is 6.39. The van der Waals surface area contributed by atoms with Crippen molar-refractivity contribution in [2.45, 2.75) is 10.5 Å². The quantitative estimate of drug-likeness (QED) is 0.189. The van der Waals surface area contributed by atoms with Crippen LogP contribution in [-0.4, -0.2) is 30.6 Å². The fourth-order valence-electron chi connectivity index (χ4n) is 4.15. The van der Waals surface area contributed by atoms with Gasteiger partial charge in [0, 0.05) is 10.0 Å². The lowest BCUT2D eigenvalue weighted by Gasteiger charge is -2.22. The van der Waals surface area contributed by atoms with Crippen LogP contribution in [0.25, 0.3) is 12.2 Å². The van der Waals surface area contributed by atoms with E-state index >= 15 is 0 Å². The minimum atomic E-state index is -4.03. The molecular weight excluding hydrogens is 583 g/mol. The number of benzene rings is 4. The van der Waals surface area contributed by atoms with Crippen LogP contribution in [0.5, 0.6) is 0 Å². The van der Waals surface area contributed by atoms with Gasteiger partial charge in [0.15, 0.2) is 9.84 Å². The Kier molecular flexibility index (Phi) is 9.45. The minimum Gasteiger partial charge on any atom is -0.478 e. The molecule has 2 unspecified atom stereocenters. The highest BCUT2D eigenvalue weighted by molar-refractivity contribution is 7.92. The molecule has 6 nitrogen and oxygen atoms in total. The summed E-state index contributed by atoms with van der Waals surface area (Å²) in [5, 5.41) is 17.1. The van der Waals surface area contributed by atoms with E-state index in [1.54, 1.807) is 97.1 Å². The molecule has 0 saturated carbocycles. The van der Waals surface area contributed by atoms with E-state index in [0.29, 0.717) is 32.3 Å². The fraction of sp³-hybridized carbons (Fsp3) is 0.0625. The highest BCUT2D eigenvalue weighted by atomic mass is 35.5. The summed E-state index contributed by atoms with van der Waals surface area (Å²) in [6.07, 6.45) is 6.39. The summed E-state index contributed by atoms with van der Waals surface area (Å²) in [4.78, 5) is 22.4. The summed E-state index contributed by atoms with van der Waals surface area (Å²) in [6.45, 7) is 0. The number of carboxylic acids is 2. The smallest absolute Gasteiger partial charge is 0.335 e. The van der Waals surface area contributed by atoms with Crippen molar-refractivity contribution in [3.63, 3.8) is 0 Å². The molecule has 4 aromatic rings. The first kappa shape index (κ1) is 29.8. The number of carbonyl (C=O) groups is 2. The van der Waals surface area contributed by atoms with E-state index < -0.39 is 32.3 Å². The Balaban J connectivity index is 1.79. The summed E-state index contributed by atoms with van der Waals surface area (Å²) in [5.74, 6) is -2.12. The number of halogens is 2. The first-order valence-corrected chi connectivity index (χ1v) is 14.7. The van der Waals surface area contributed by atoms with Crippen molar-refractivity contribution >= 4 is 57.1 Å². The van der Waals surface area contributed by atoms with Crippen LogP contribution in [0.3, 0.4) is 0 Å². The van der Waals surface area contributed by atoms with Gasteiger partial charge >= 0.3 is 11.9 Å². The molecule has 2 N–H and O–H groups in total. The molecule has 4 rings (SSSR count). The number of hydrogen-bond donors (Lipinski definition) is 2. The molecule has 208 valence electrons. The normalized spacial score (nSPS) is 13.3. The van der Waals surface area contributed by atoms with E-state index in [1.165, 1.54) is 24.3 Å². The molecule has 0 amide bonds. The Morgan fingerprint density at radius 1 is 0.561 bits per heavy atom. The average molecular weight is 608 g/mol. The van der Waals surface area contributed by atoms with Crippen molar-refractivity contribution in [3.05, 3.63) is 153 Å². The monoisotopic (exact) mass is 606 g/mol. The van der Waals surface area contributed by atoms with Crippen LogP contribution < -0.4 is 0 Å². The molecule has 0 bridgehead atoms. The Hall–Kier alpha value is -4.17. The van der Waals surface area contributed by atoms with Gasteiger partial charge in [-0.15, -0.1) is 0 Å². The molecule has 0 spiro atoms. The molecule has 0 aromatic heterocycles. The highest BCUT2D eigenvalue weighted by Gasteiger charge is 2.33. The van der Waals surface area contributed by atoms with E-state index in [-0.39, 0.29) is 11.1 Å². The van der Waals surface area contributed by atoms with E-state index in [0.717, 1.165) is 0 Å². The number of hydrogen-bond acceptors (Lipinski definition) is 4. The predicted molar refractivity (Wildman–Crippen MR) is 162 cm³/mol. The zero-order chi connectivity index (χ0) is 29.6. The second-order valence-electron chi connectivity index (χ2n) is 9.11. The van der Waals surface area contributed by atoms with Gasteiger partial charge in [0.2, 0.25) is 0 Å². The lowest BCUT2D eigenvalue weighted by atomic mass is 10.1. The van der Waals surface area contributed by atoms with Crippen molar-refractivity contribution < 1.29 is 28.2 Å². The molecule has 9 heteroatoms. The van der Waals surface area contributed by atoms with Gasteiger partial charge in [-0.05, 0) is 70.8 Å². The Bertz CT molecular complexity index is 1570. The van der Waals surface area contributed by atoms with E-state index in [1.807, 2.05) is 0 Å². The van der Waals surface area contributed by atoms with E-state index in [2.05, 4.69) is 0 Å². The van der Waals surface area contributed by atoms with Crippen LogP contribution in [0.2, 0.25) is 10.0 Å². The first-order valence-electron chi connectivity index (χ1n) is 12.3. The molecule has 0 radical (unpaired) electrons. The molecule has 0 saturated heterocycles. The van der Waals surface area contributed by atoms with E-state index in [4.69, 9.17) is 23.2 Å². The Morgan fingerprint density at radius 3 is 1.17 bits per heavy atom. The summed E-state index contributed by atoms with van der Waals surface area (Å²) in [7, 11) is -4.03. The van der Waals surface area contributed by atoms with Crippen molar-refractivity contribution in [3.8, 4) is 0 Å². The molecule has 2 atom stereocenters. The third-order valence-corrected chi connectivity index (χ3v) is 9.13. The molecular formula is C32H24Cl2O6S. The van der Waals surface area contributed by atoms with Crippen molar-refractivity contribution in [2.75, 3.05) is 0 Å². The molecule has 0 aliphatic rings.